The Hall–Kier alpha value is -1.15. The number of carbonyl (C=O) groups is 2. The van der Waals surface area contributed by atoms with Crippen LogP contribution in [-0.4, -0.2) is 22.6 Å². The van der Waals surface area contributed by atoms with Crippen molar-refractivity contribution in [3.05, 3.63) is 15.0 Å². The number of hydrazine groups is 1. The summed E-state index contributed by atoms with van der Waals surface area (Å²) in [5, 5.41) is 0. The van der Waals surface area contributed by atoms with Gasteiger partial charge in [0.05, 0.1) is 6.20 Å². The first-order valence-corrected chi connectivity index (χ1v) is 6.29. The minimum atomic E-state index is -0.713. The van der Waals surface area contributed by atoms with Gasteiger partial charge in [-0.3, -0.25) is 10.2 Å². The number of hydrogen-bond acceptors (Lipinski definition) is 5. The molecule has 1 heterocycles. The summed E-state index contributed by atoms with van der Waals surface area (Å²) in [6.07, 6.45) is 0.690. The summed E-state index contributed by atoms with van der Waals surface area (Å²) in [4.78, 5) is 27.0. The number of hydrogen-bond donors (Lipinski definition) is 2. The Balaban J connectivity index is 2.41. The van der Waals surface area contributed by atoms with Gasteiger partial charge < -0.3 is 4.74 Å². The molecule has 2 N–H and O–H groups in total. The Kier molecular flexibility index (Phi) is 4.47. The number of rotatable bonds is 1. The summed E-state index contributed by atoms with van der Waals surface area (Å²) in [6, 6.07) is 0. The number of nitrogens with one attached hydrogen (secondary N) is 2. The predicted octanol–water partition coefficient (Wildman–Crippen LogP) is 2.08. The highest BCUT2D eigenvalue weighted by Gasteiger charge is 2.17. The normalized spacial score (nSPS) is 10.8. The van der Waals surface area contributed by atoms with Gasteiger partial charge in [-0.15, -0.1) is 11.3 Å². The first kappa shape index (κ1) is 13.9. The van der Waals surface area contributed by atoms with E-state index in [2.05, 4.69) is 31.8 Å². The van der Waals surface area contributed by atoms with Crippen molar-refractivity contribution in [2.45, 2.75) is 26.4 Å². The molecule has 0 fully saturated rings. The van der Waals surface area contributed by atoms with E-state index in [-0.39, 0.29) is 0 Å². The number of amides is 2. The number of halogens is 1. The van der Waals surface area contributed by atoms with Crippen LogP contribution in [0.4, 0.5) is 4.79 Å². The second-order valence-electron chi connectivity index (χ2n) is 4.06. The van der Waals surface area contributed by atoms with E-state index in [1.54, 1.807) is 20.8 Å². The van der Waals surface area contributed by atoms with Crippen LogP contribution in [0, 0.1) is 0 Å². The van der Waals surface area contributed by atoms with Crippen LogP contribution in [0.15, 0.2) is 10.1 Å². The third-order valence-corrected chi connectivity index (χ3v) is 2.85. The maximum absolute atomic E-state index is 11.5. The van der Waals surface area contributed by atoms with E-state index in [9.17, 15) is 9.59 Å². The molecule has 0 saturated carbocycles. The van der Waals surface area contributed by atoms with Crippen LogP contribution in [0.5, 0.6) is 0 Å². The SMILES string of the molecule is CC(C)(C)OC(=O)NNC(=O)c1cnc(Br)s1. The summed E-state index contributed by atoms with van der Waals surface area (Å²) in [5.41, 5.74) is 3.76. The van der Waals surface area contributed by atoms with E-state index in [1.165, 1.54) is 6.20 Å². The lowest BCUT2D eigenvalue weighted by molar-refractivity contribution is 0.0484. The Labute approximate surface area is 111 Å². The maximum Gasteiger partial charge on any atom is 0.426 e. The molecule has 6 nitrogen and oxygen atoms in total. The summed E-state index contributed by atoms with van der Waals surface area (Å²) in [5.74, 6) is -0.445. The summed E-state index contributed by atoms with van der Waals surface area (Å²) < 4.78 is 5.54. The molecule has 94 valence electrons. The maximum atomic E-state index is 11.5. The van der Waals surface area contributed by atoms with Gasteiger partial charge in [-0.05, 0) is 36.7 Å². The van der Waals surface area contributed by atoms with Gasteiger partial charge in [-0.2, -0.15) is 0 Å². The van der Waals surface area contributed by atoms with Crippen LogP contribution >= 0.6 is 27.3 Å². The van der Waals surface area contributed by atoms with Crippen molar-refractivity contribution in [3.63, 3.8) is 0 Å². The van der Waals surface area contributed by atoms with E-state index in [1.807, 2.05) is 0 Å². The molecular weight excluding hydrogens is 310 g/mol. The molecule has 0 radical (unpaired) electrons. The minimum absolute atomic E-state index is 0.382. The fourth-order valence-corrected chi connectivity index (χ4v) is 1.99. The molecule has 8 heteroatoms. The fourth-order valence-electron chi connectivity index (χ4n) is 0.831. The van der Waals surface area contributed by atoms with E-state index >= 15 is 0 Å². The van der Waals surface area contributed by atoms with E-state index < -0.39 is 17.6 Å². The van der Waals surface area contributed by atoms with Gasteiger partial charge in [0.2, 0.25) is 0 Å². The molecule has 0 aliphatic heterocycles. The van der Waals surface area contributed by atoms with Crippen molar-refractivity contribution in [1.82, 2.24) is 15.8 Å². The molecule has 0 atom stereocenters. The van der Waals surface area contributed by atoms with Crippen LogP contribution in [0.1, 0.15) is 30.4 Å². The van der Waals surface area contributed by atoms with Crippen LogP contribution < -0.4 is 10.9 Å². The highest BCUT2D eigenvalue weighted by Crippen LogP contribution is 2.17. The molecule has 1 aromatic rings. The number of nitrogens with zero attached hydrogens (tertiary/aromatic N) is 1. The molecule has 17 heavy (non-hydrogen) atoms. The first-order chi connectivity index (χ1) is 7.78. The topological polar surface area (TPSA) is 80.3 Å². The number of thiazole rings is 1. The van der Waals surface area contributed by atoms with Crippen molar-refractivity contribution < 1.29 is 14.3 Å². The highest BCUT2D eigenvalue weighted by molar-refractivity contribution is 9.11. The quantitative estimate of drug-likeness (QED) is 0.776. The average Bonchev–Trinajstić information content (AvgIpc) is 2.58. The molecule has 0 bridgehead atoms. The Morgan fingerprint density at radius 2 is 2.06 bits per heavy atom. The molecule has 2 amide bonds. The second-order valence-corrected chi connectivity index (χ2v) is 6.37. The van der Waals surface area contributed by atoms with Gasteiger partial charge in [0, 0.05) is 0 Å². The van der Waals surface area contributed by atoms with Gasteiger partial charge in [0.1, 0.15) is 10.5 Å². The zero-order chi connectivity index (χ0) is 13.1. The Morgan fingerprint density at radius 1 is 1.41 bits per heavy atom. The molecule has 0 aromatic carbocycles. The molecule has 0 saturated heterocycles. The standard InChI is InChI=1S/C9H12BrN3O3S/c1-9(2,3)16-8(15)13-12-6(14)5-4-11-7(10)17-5/h4H,1-3H3,(H,12,14)(H,13,15). The average molecular weight is 322 g/mol. The van der Waals surface area contributed by atoms with Gasteiger partial charge in [0.25, 0.3) is 5.91 Å². The third-order valence-electron chi connectivity index (χ3n) is 1.38. The number of ether oxygens (including phenoxy) is 1. The van der Waals surface area contributed by atoms with E-state index in [4.69, 9.17) is 4.74 Å². The zero-order valence-corrected chi connectivity index (χ0v) is 11.9. The van der Waals surface area contributed by atoms with E-state index in [0.717, 1.165) is 11.3 Å². The lowest BCUT2D eigenvalue weighted by atomic mass is 10.2. The monoisotopic (exact) mass is 321 g/mol. The molecular formula is C9H12BrN3O3S. The summed E-state index contributed by atoms with van der Waals surface area (Å²) in [6.45, 7) is 5.19. The number of carbonyl (C=O) groups excluding carboxylic acids is 2. The zero-order valence-electron chi connectivity index (χ0n) is 9.54. The van der Waals surface area contributed by atoms with Gasteiger partial charge in [-0.25, -0.2) is 15.2 Å². The Morgan fingerprint density at radius 3 is 2.53 bits per heavy atom. The van der Waals surface area contributed by atoms with Crippen LogP contribution in [0.3, 0.4) is 0 Å². The van der Waals surface area contributed by atoms with Gasteiger partial charge in [-0.1, -0.05) is 0 Å². The molecule has 0 spiro atoms. The summed E-state index contributed by atoms with van der Waals surface area (Å²) in [7, 11) is 0. The largest absolute Gasteiger partial charge is 0.443 e. The van der Waals surface area contributed by atoms with Gasteiger partial charge in [0.15, 0.2) is 3.92 Å². The number of aromatic nitrogens is 1. The molecule has 0 aliphatic carbocycles. The third kappa shape index (κ3) is 5.14. The molecule has 0 unspecified atom stereocenters. The van der Waals surface area contributed by atoms with Gasteiger partial charge >= 0.3 is 6.09 Å². The van der Waals surface area contributed by atoms with Crippen molar-refractivity contribution in [3.8, 4) is 0 Å². The molecule has 0 aliphatic rings. The van der Waals surface area contributed by atoms with E-state index in [0.29, 0.717) is 8.79 Å². The van der Waals surface area contributed by atoms with Crippen molar-refractivity contribution in [2.75, 3.05) is 0 Å². The van der Waals surface area contributed by atoms with Crippen LogP contribution in [-0.2, 0) is 4.74 Å². The highest BCUT2D eigenvalue weighted by atomic mass is 79.9. The molecule has 1 rings (SSSR count). The van der Waals surface area contributed by atoms with Crippen LogP contribution in [0.25, 0.3) is 0 Å². The second kappa shape index (κ2) is 5.46. The lowest BCUT2D eigenvalue weighted by Crippen LogP contribution is -2.44. The van der Waals surface area contributed by atoms with Crippen molar-refractivity contribution >= 4 is 39.3 Å². The Bertz CT molecular complexity index is 427. The summed E-state index contributed by atoms with van der Waals surface area (Å²) >= 11 is 4.30. The first-order valence-electron chi connectivity index (χ1n) is 4.68. The fraction of sp³-hybridized carbons (Fsp3) is 0.444. The molecule has 1 aromatic heterocycles. The van der Waals surface area contributed by atoms with Crippen molar-refractivity contribution in [1.29, 1.82) is 0 Å². The lowest BCUT2D eigenvalue weighted by Gasteiger charge is -2.19. The predicted molar refractivity (Wildman–Crippen MR) is 66.6 cm³/mol. The smallest absolute Gasteiger partial charge is 0.426 e. The van der Waals surface area contributed by atoms with Crippen LogP contribution in [0.2, 0.25) is 0 Å². The van der Waals surface area contributed by atoms with Crippen molar-refractivity contribution in [2.24, 2.45) is 0 Å². The minimum Gasteiger partial charge on any atom is -0.443 e.